The first kappa shape index (κ1) is 27.2. The van der Waals surface area contributed by atoms with Crippen LogP contribution in [-0.2, 0) is 15.9 Å². The highest BCUT2D eigenvalue weighted by Crippen LogP contribution is 2.28. The fourth-order valence-electron chi connectivity index (χ4n) is 5.25. The molecule has 0 aliphatic carbocycles. The zero-order valence-corrected chi connectivity index (χ0v) is 22.3. The van der Waals surface area contributed by atoms with Crippen LogP contribution in [0.1, 0.15) is 78.6 Å². The third kappa shape index (κ3) is 5.01. The minimum absolute atomic E-state index is 0.148. The Bertz CT molecular complexity index is 1410. The summed E-state index contributed by atoms with van der Waals surface area (Å²) in [5.74, 6) is -1.78. The van der Waals surface area contributed by atoms with E-state index in [2.05, 4.69) is 10.4 Å². The van der Waals surface area contributed by atoms with Gasteiger partial charge in [-0.1, -0.05) is 42.5 Å². The summed E-state index contributed by atoms with van der Waals surface area (Å²) >= 11 is 0. The first-order valence-electron chi connectivity index (χ1n) is 13.2. The molecule has 40 heavy (non-hydrogen) atoms. The van der Waals surface area contributed by atoms with E-state index in [-0.39, 0.29) is 42.5 Å². The molecule has 0 radical (unpaired) electrons. The number of nitrogens with two attached hydrogens (primary N) is 1. The van der Waals surface area contributed by atoms with Crippen molar-refractivity contribution < 1.29 is 28.7 Å². The molecular formula is C29H31N5O6. The topological polar surface area (TPSA) is 146 Å². The van der Waals surface area contributed by atoms with E-state index in [0.29, 0.717) is 36.0 Å². The molecule has 1 saturated heterocycles. The van der Waals surface area contributed by atoms with Crippen LogP contribution in [0.4, 0.5) is 0 Å². The van der Waals surface area contributed by atoms with Gasteiger partial charge in [-0.2, -0.15) is 5.10 Å². The van der Waals surface area contributed by atoms with Crippen LogP contribution in [0.5, 0.6) is 0 Å². The van der Waals surface area contributed by atoms with Gasteiger partial charge in [-0.25, -0.2) is 0 Å². The van der Waals surface area contributed by atoms with Crippen LogP contribution in [0.2, 0.25) is 0 Å². The fourth-order valence-corrected chi connectivity index (χ4v) is 5.25. The summed E-state index contributed by atoms with van der Waals surface area (Å²) in [6.07, 6.45) is 0.746. The number of primary amides is 1. The van der Waals surface area contributed by atoms with Gasteiger partial charge in [0.05, 0.1) is 36.4 Å². The monoisotopic (exact) mass is 545 g/mol. The number of fused-ring (bicyclic) bond motifs is 1. The first-order valence-corrected chi connectivity index (χ1v) is 13.2. The molecule has 1 atom stereocenters. The average molecular weight is 546 g/mol. The maximum Gasteiger partial charge on any atom is 0.271 e. The number of rotatable bonds is 9. The molecule has 5 rings (SSSR count). The number of hydrogen-bond acceptors (Lipinski definition) is 7. The SMILES string of the molecule is CNC(=O)c1nn([C@@H](C)c2ccccc2)c(C(N)=O)c1CCCC1OCC(N2C(=O)c3ccccc3C2=O)CO1. The van der Waals surface area contributed by atoms with E-state index in [9.17, 15) is 19.2 Å². The molecule has 0 saturated carbocycles. The van der Waals surface area contributed by atoms with Gasteiger partial charge in [-0.15, -0.1) is 0 Å². The number of amides is 4. The zero-order chi connectivity index (χ0) is 28.4. The van der Waals surface area contributed by atoms with Crippen LogP contribution < -0.4 is 11.1 Å². The number of hydrogen-bond donors (Lipinski definition) is 2. The minimum atomic E-state index is -0.672. The number of ether oxygens (including phenoxy) is 2. The largest absolute Gasteiger partial charge is 0.364 e. The lowest BCUT2D eigenvalue weighted by Crippen LogP contribution is -2.49. The Labute approximate surface area is 231 Å². The first-order chi connectivity index (χ1) is 19.3. The summed E-state index contributed by atoms with van der Waals surface area (Å²) in [7, 11) is 1.50. The van der Waals surface area contributed by atoms with Gasteiger partial charge in [0.2, 0.25) is 0 Å². The summed E-state index contributed by atoms with van der Waals surface area (Å²) in [6.45, 7) is 2.19. The maximum atomic E-state index is 12.8. The van der Waals surface area contributed by atoms with E-state index in [4.69, 9.17) is 15.2 Å². The van der Waals surface area contributed by atoms with Gasteiger partial charge in [0, 0.05) is 12.6 Å². The average Bonchev–Trinajstić information content (AvgIpc) is 3.48. The second-order valence-corrected chi connectivity index (χ2v) is 9.82. The lowest BCUT2D eigenvalue weighted by atomic mass is 10.0. The summed E-state index contributed by atoms with van der Waals surface area (Å²) < 4.78 is 13.2. The van der Waals surface area contributed by atoms with E-state index >= 15 is 0 Å². The summed E-state index contributed by atoms with van der Waals surface area (Å²) in [4.78, 5) is 52.0. The summed E-state index contributed by atoms with van der Waals surface area (Å²) in [6, 6.07) is 15.4. The Morgan fingerprint density at radius 2 is 1.62 bits per heavy atom. The van der Waals surface area contributed by atoms with Crippen LogP contribution in [-0.4, -0.2) is 70.9 Å². The molecular weight excluding hydrogens is 514 g/mol. The second-order valence-electron chi connectivity index (χ2n) is 9.82. The Morgan fingerprint density at radius 3 is 2.20 bits per heavy atom. The highest BCUT2D eigenvalue weighted by Gasteiger charge is 2.41. The molecule has 208 valence electrons. The fraction of sp³-hybridized carbons (Fsp3) is 0.345. The molecule has 2 aliphatic rings. The molecule has 3 heterocycles. The predicted octanol–water partition coefficient (Wildman–Crippen LogP) is 2.31. The van der Waals surface area contributed by atoms with E-state index in [1.165, 1.54) is 16.6 Å². The van der Waals surface area contributed by atoms with E-state index in [0.717, 1.165) is 5.56 Å². The number of aromatic nitrogens is 2. The lowest BCUT2D eigenvalue weighted by Gasteiger charge is -2.33. The van der Waals surface area contributed by atoms with Gasteiger partial charge in [0.15, 0.2) is 12.0 Å². The van der Waals surface area contributed by atoms with Crippen LogP contribution in [0.3, 0.4) is 0 Å². The van der Waals surface area contributed by atoms with Crippen molar-refractivity contribution in [2.45, 2.75) is 44.6 Å². The van der Waals surface area contributed by atoms with Crippen molar-refractivity contribution >= 4 is 23.6 Å². The zero-order valence-electron chi connectivity index (χ0n) is 22.3. The van der Waals surface area contributed by atoms with Crippen LogP contribution in [0.15, 0.2) is 54.6 Å². The molecule has 1 fully saturated rings. The Hall–Kier alpha value is -4.35. The number of nitrogens with zero attached hydrogens (tertiary/aromatic N) is 3. The standard InChI is InChI=1S/C29H31N5O6/c1-17(18-9-4-3-5-10-18)34-25(26(30)35)22(24(32-34)27(36)31-2)13-8-14-23-39-15-19(16-40-23)33-28(37)20-11-6-7-12-21(20)29(33)38/h3-7,9-12,17,19,23H,8,13-16H2,1-2H3,(H2,30,35)(H,31,36)/t17-,19?,23?/m0/s1. The van der Waals surface area contributed by atoms with Crippen LogP contribution >= 0.6 is 0 Å². The van der Waals surface area contributed by atoms with Gasteiger partial charge in [0.25, 0.3) is 23.6 Å². The number of imide groups is 1. The number of nitrogens with one attached hydrogen (secondary N) is 1. The van der Waals surface area contributed by atoms with E-state index < -0.39 is 24.1 Å². The molecule has 0 spiro atoms. The number of carbonyl (C=O) groups is 4. The highest BCUT2D eigenvalue weighted by molar-refractivity contribution is 6.21. The van der Waals surface area contributed by atoms with Crippen molar-refractivity contribution in [1.29, 1.82) is 0 Å². The van der Waals surface area contributed by atoms with Crippen LogP contribution in [0.25, 0.3) is 0 Å². The molecule has 3 N–H and O–H groups in total. The molecule has 2 aliphatic heterocycles. The third-order valence-electron chi connectivity index (χ3n) is 7.34. The van der Waals surface area contributed by atoms with Gasteiger partial charge < -0.3 is 20.5 Å². The van der Waals surface area contributed by atoms with E-state index in [1.54, 1.807) is 24.3 Å². The van der Waals surface area contributed by atoms with Crippen molar-refractivity contribution in [2.24, 2.45) is 5.73 Å². The normalized spacial score (nSPS) is 19.4. The maximum absolute atomic E-state index is 12.8. The molecule has 3 aromatic rings. The van der Waals surface area contributed by atoms with Crippen molar-refractivity contribution in [2.75, 3.05) is 20.3 Å². The van der Waals surface area contributed by atoms with Gasteiger partial charge in [-0.3, -0.25) is 28.8 Å². The molecule has 11 heteroatoms. The summed E-state index contributed by atoms with van der Waals surface area (Å²) in [5.41, 5.74) is 8.27. The van der Waals surface area contributed by atoms with Gasteiger partial charge in [-0.05, 0) is 43.9 Å². The third-order valence-corrected chi connectivity index (χ3v) is 7.34. The Morgan fingerprint density at radius 1 is 1.02 bits per heavy atom. The predicted molar refractivity (Wildman–Crippen MR) is 144 cm³/mol. The van der Waals surface area contributed by atoms with Crippen molar-refractivity contribution in [1.82, 2.24) is 20.0 Å². The van der Waals surface area contributed by atoms with Crippen molar-refractivity contribution in [3.05, 3.63) is 88.2 Å². The molecule has 11 nitrogen and oxygen atoms in total. The second kappa shape index (κ2) is 11.4. The lowest BCUT2D eigenvalue weighted by molar-refractivity contribution is -0.200. The quantitative estimate of drug-likeness (QED) is 0.392. The molecule has 2 aromatic carbocycles. The molecule has 0 unspecified atom stereocenters. The summed E-state index contributed by atoms with van der Waals surface area (Å²) in [5, 5.41) is 7.09. The van der Waals surface area contributed by atoms with Crippen molar-refractivity contribution in [3.63, 3.8) is 0 Å². The molecule has 0 bridgehead atoms. The van der Waals surface area contributed by atoms with Gasteiger partial charge in [0.1, 0.15) is 5.69 Å². The van der Waals surface area contributed by atoms with E-state index in [1.807, 2.05) is 37.3 Å². The van der Waals surface area contributed by atoms with Crippen molar-refractivity contribution in [3.8, 4) is 0 Å². The number of carbonyl (C=O) groups excluding carboxylic acids is 4. The molecule has 4 amide bonds. The minimum Gasteiger partial charge on any atom is -0.364 e. The Balaban J connectivity index is 1.25. The smallest absolute Gasteiger partial charge is 0.271 e. The molecule has 1 aromatic heterocycles. The Kier molecular flexibility index (Phi) is 7.76. The number of benzene rings is 2. The van der Waals surface area contributed by atoms with Gasteiger partial charge >= 0.3 is 0 Å². The highest BCUT2D eigenvalue weighted by atomic mass is 16.7. The van der Waals surface area contributed by atoms with Crippen LogP contribution in [0, 0.1) is 0 Å².